The molecule has 1 amide bonds. The van der Waals surface area contributed by atoms with Crippen LogP contribution in [0.4, 0.5) is 5.69 Å². The lowest BCUT2D eigenvalue weighted by Gasteiger charge is -2.29. The summed E-state index contributed by atoms with van der Waals surface area (Å²) in [6.45, 7) is 5.39. The van der Waals surface area contributed by atoms with Crippen LogP contribution in [0, 0.1) is 0 Å². The van der Waals surface area contributed by atoms with Crippen LogP contribution in [0.25, 0.3) is 0 Å². The Labute approximate surface area is 167 Å². The Morgan fingerprint density at radius 3 is 3.00 bits per heavy atom. The zero-order valence-corrected chi connectivity index (χ0v) is 17.2. The molecule has 0 radical (unpaired) electrons. The third kappa shape index (κ3) is 3.55. The van der Waals surface area contributed by atoms with Crippen molar-refractivity contribution in [2.24, 2.45) is 0 Å². The highest BCUT2D eigenvalue weighted by Gasteiger charge is 2.27. The summed E-state index contributed by atoms with van der Waals surface area (Å²) in [7, 11) is 0. The Kier molecular flexibility index (Phi) is 5.32. The fourth-order valence-electron chi connectivity index (χ4n) is 3.72. The molecule has 5 nitrogen and oxygen atoms in total. The highest BCUT2D eigenvalue weighted by Crippen LogP contribution is 2.34. The number of benzene rings is 1. The molecule has 142 valence electrons. The second-order valence-electron chi connectivity index (χ2n) is 6.92. The van der Waals surface area contributed by atoms with Gasteiger partial charge in [0, 0.05) is 30.4 Å². The van der Waals surface area contributed by atoms with Crippen LogP contribution in [0.2, 0.25) is 0 Å². The van der Waals surface area contributed by atoms with E-state index in [2.05, 4.69) is 13.0 Å². The number of nitrogens with zero attached hydrogens (tertiary/aromatic N) is 3. The van der Waals surface area contributed by atoms with Crippen molar-refractivity contribution in [2.75, 3.05) is 17.2 Å². The van der Waals surface area contributed by atoms with E-state index >= 15 is 0 Å². The quantitative estimate of drug-likeness (QED) is 0.581. The number of amides is 1. The Balaban J connectivity index is 1.55. The van der Waals surface area contributed by atoms with E-state index in [1.165, 1.54) is 17.3 Å². The predicted octanol–water partition coefficient (Wildman–Crippen LogP) is 3.37. The number of anilines is 1. The molecule has 1 aromatic carbocycles. The minimum absolute atomic E-state index is 0.0371. The van der Waals surface area contributed by atoms with Crippen LogP contribution < -0.4 is 10.5 Å². The van der Waals surface area contributed by atoms with Gasteiger partial charge in [0.05, 0.1) is 16.3 Å². The second kappa shape index (κ2) is 7.72. The highest BCUT2D eigenvalue weighted by atomic mass is 32.2. The minimum Gasteiger partial charge on any atom is -0.311 e. The van der Waals surface area contributed by atoms with Crippen LogP contribution in [0.1, 0.15) is 31.5 Å². The lowest BCUT2D eigenvalue weighted by Crippen LogP contribution is -2.36. The zero-order valence-electron chi connectivity index (χ0n) is 15.6. The summed E-state index contributed by atoms with van der Waals surface area (Å²) in [5.74, 6) is 0.370. The van der Waals surface area contributed by atoms with Crippen molar-refractivity contribution in [3.8, 4) is 0 Å². The molecule has 2 aliphatic rings. The Hall–Kier alpha value is -1.73. The van der Waals surface area contributed by atoms with Crippen LogP contribution in [0.5, 0.6) is 0 Å². The Morgan fingerprint density at radius 1 is 1.37 bits per heavy atom. The molecule has 0 unspecified atom stereocenters. The summed E-state index contributed by atoms with van der Waals surface area (Å²) in [6.07, 6.45) is 2.82. The topological polar surface area (TPSA) is 55.2 Å². The molecule has 0 spiro atoms. The van der Waals surface area contributed by atoms with Gasteiger partial charge in [0.1, 0.15) is 0 Å². The maximum atomic E-state index is 12.9. The molecule has 4 rings (SSSR count). The molecular formula is C20H23N3O2S2. The van der Waals surface area contributed by atoms with E-state index < -0.39 is 0 Å². The molecule has 0 saturated heterocycles. The molecule has 7 heteroatoms. The van der Waals surface area contributed by atoms with Gasteiger partial charge in [0.15, 0.2) is 5.16 Å². The Bertz CT molecular complexity index is 941. The first-order valence-electron chi connectivity index (χ1n) is 9.40. The molecule has 3 heterocycles. The van der Waals surface area contributed by atoms with Crippen molar-refractivity contribution in [2.45, 2.75) is 55.0 Å². The molecule has 0 bridgehead atoms. The molecule has 2 aromatic rings. The monoisotopic (exact) mass is 401 g/mol. The maximum Gasteiger partial charge on any atom is 0.268 e. The van der Waals surface area contributed by atoms with Gasteiger partial charge in [-0.25, -0.2) is 4.98 Å². The van der Waals surface area contributed by atoms with Crippen molar-refractivity contribution in [3.05, 3.63) is 45.9 Å². The van der Waals surface area contributed by atoms with Crippen molar-refractivity contribution in [1.82, 2.24) is 9.55 Å². The summed E-state index contributed by atoms with van der Waals surface area (Å²) < 4.78 is 1.70. The van der Waals surface area contributed by atoms with Gasteiger partial charge in [-0.1, -0.05) is 36.9 Å². The number of para-hydroxylation sites is 1. The second-order valence-corrected chi connectivity index (χ2v) is 9.31. The highest BCUT2D eigenvalue weighted by molar-refractivity contribution is 8.00. The van der Waals surface area contributed by atoms with Gasteiger partial charge in [-0.2, -0.15) is 0 Å². The number of aryl methyl sites for hydroxylation is 1. The van der Waals surface area contributed by atoms with E-state index in [-0.39, 0.29) is 11.5 Å². The molecule has 0 aliphatic carbocycles. The number of fused-ring (bicyclic) bond motifs is 2. The number of hydrogen-bond donors (Lipinski definition) is 0. The van der Waals surface area contributed by atoms with Gasteiger partial charge in [-0.15, -0.1) is 11.8 Å². The van der Waals surface area contributed by atoms with Gasteiger partial charge >= 0.3 is 0 Å². The first-order chi connectivity index (χ1) is 13.1. The average Bonchev–Trinajstić information content (AvgIpc) is 3.06. The summed E-state index contributed by atoms with van der Waals surface area (Å²) in [5, 5.41) is 1.05. The predicted molar refractivity (Wildman–Crippen MR) is 111 cm³/mol. The van der Waals surface area contributed by atoms with Crippen molar-refractivity contribution < 1.29 is 4.79 Å². The molecule has 27 heavy (non-hydrogen) atoms. The first-order valence-corrected chi connectivity index (χ1v) is 11.3. The van der Waals surface area contributed by atoms with Gasteiger partial charge < -0.3 is 4.90 Å². The molecule has 0 N–H and O–H groups in total. The van der Waals surface area contributed by atoms with Gasteiger partial charge in [0.25, 0.3) is 5.56 Å². The number of aromatic nitrogens is 2. The standard InChI is InChI=1S/C20H23N3O2S2/c1-3-22-19(25)18-15(11-13(2)27-18)21-20(22)26-12-17(24)23-10-6-8-14-7-4-5-9-16(14)23/h4-5,7,9,13H,3,6,8,10-12H2,1-2H3/t13-/m0/s1. The zero-order chi connectivity index (χ0) is 19.0. The first kappa shape index (κ1) is 18.6. The maximum absolute atomic E-state index is 12.9. The summed E-state index contributed by atoms with van der Waals surface area (Å²) in [5.41, 5.74) is 3.18. The van der Waals surface area contributed by atoms with Gasteiger partial charge in [-0.05, 0) is 31.4 Å². The van der Waals surface area contributed by atoms with Crippen LogP contribution in [0.3, 0.4) is 0 Å². The SMILES string of the molecule is CCn1c(SCC(=O)N2CCCc3ccccc32)nc2c(c1=O)S[C@@H](C)C2. The van der Waals surface area contributed by atoms with E-state index in [9.17, 15) is 9.59 Å². The van der Waals surface area contributed by atoms with E-state index in [0.717, 1.165) is 42.1 Å². The van der Waals surface area contributed by atoms with Crippen LogP contribution >= 0.6 is 23.5 Å². The smallest absolute Gasteiger partial charge is 0.268 e. The van der Waals surface area contributed by atoms with Gasteiger partial charge in [0.2, 0.25) is 5.91 Å². The molecule has 1 aromatic heterocycles. The third-order valence-electron chi connectivity index (χ3n) is 5.02. The van der Waals surface area contributed by atoms with E-state index in [1.807, 2.05) is 30.0 Å². The molecule has 2 aliphatic heterocycles. The minimum atomic E-state index is 0.0371. The van der Waals surface area contributed by atoms with Crippen molar-refractivity contribution in [3.63, 3.8) is 0 Å². The molecule has 0 saturated carbocycles. The number of rotatable bonds is 4. The number of hydrogen-bond acceptors (Lipinski definition) is 5. The number of carbonyl (C=O) groups is 1. The van der Waals surface area contributed by atoms with Crippen LogP contribution in [0.15, 0.2) is 39.1 Å². The fourth-order valence-corrected chi connectivity index (χ4v) is 5.79. The number of carbonyl (C=O) groups excluding carboxylic acids is 1. The van der Waals surface area contributed by atoms with Crippen LogP contribution in [-0.4, -0.2) is 33.0 Å². The largest absolute Gasteiger partial charge is 0.311 e. The van der Waals surface area contributed by atoms with Gasteiger partial charge in [-0.3, -0.25) is 14.2 Å². The van der Waals surface area contributed by atoms with Crippen molar-refractivity contribution >= 4 is 35.1 Å². The Morgan fingerprint density at radius 2 is 2.19 bits per heavy atom. The van der Waals surface area contributed by atoms with Crippen LogP contribution in [-0.2, 0) is 24.2 Å². The number of thioether (sulfide) groups is 2. The lowest BCUT2D eigenvalue weighted by atomic mass is 10.0. The van der Waals surface area contributed by atoms with E-state index in [0.29, 0.717) is 22.7 Å². The normalized spacial score (nSPS) is 18.3. The summed E-state index contributed by atoms with van der Waals surface area (Å²) in [4.78, 5) is 33.0. The molecule has 1 atom stereocenters. The third-order valence-corrected chi connectivity index (χ3v) is 7.19. The van der Waals surface area contributed by atoms with E-state index in [1.54, 1.807) is 16.3 Å². The van der Waals surface area contributed by atoms with E-state index in [4.69, 9.17) is 4.98 Å². The summed E-state index contributed by atoms with van der Waals surface area (Å²) >= 11 is 3.00. The lowest BCUT2D eigenvalue weighted by molar-refractivity contribution is -0.116. The summed E-state index contributed by atoms with van der Waals surface area (Å²) in [6, 6.07) is 8.12. The molecule has 0 fully saturated rings. The van der Waals surface area contributed by atoms with Crippen molar-refractivity contribution in [1.29, 1.82) is 0 Å². The molecular weight excluding hydrogens is 378 g/mol. The average molecular weight is 402 g/mol. The fraction of sp³-hybridized carbons (Fsp3) is 0.450.